The number of fused-ring (bicyclic) bond motifs is 1. The maximum Gasteiger partial charge on any atom is 0.251 e. The van der Waals surface area contributed by atoms with Gasteiger partial charge in [0.05, 0.1) is 5.69 Å². The van der Waals surface area contributed by atoms with Crippen molar-refractivity contribution >= 4 is 11.6 Å². The number of carbonyl (C=O) groups is 1. The van der Waals surface area contributed by atoms with E-state index in [4.69, 9.17) is 4.74 Å². The zero-order valence-corrected chi connectivity index (χ0v) is 15.2. The summed E-state index contributed by atoms with van der Waals surface area (Å²) in [5.41, 5.74) is 2.36. The highest BCUT2D eigenvalue weighted by molar-refractivity contribution is 5.94. The van der Waals surface area contributed by atoms with E-state index in [9.17, 15) is 4.79 Å². The summed E-state index contributed by atoms with van der Waals surface area (Å²) < 4.78 is 7.79. The van der Waals surface area contributed by atoms with Crippen LogP contribution in [-0.4, -0.2) is 34.9 Å². The third-order valence-corrected chi connectivity index (χ3v) is 4.90. The molecule has 3 heterocycles. The van der Waals surface area contributed by atoms with E-state index < -0.39 is 0 Å². The minimum Gasteiger partial charge on any atom is -0.487 e. The van der Waals surface area contributed by atoms with E-state index in [1.807, 2.05) is 53.2 Å². The third kappa shape index (κ3) is 4.46. The number of amides is 1. The van der Waals surface area contributed by atoms with Crippen molar-refractivity contribution in [2.45, 2.75) is 19.4 Å². The van der Waals surface area contributed by atoms with Gasteiger partial charge in [-0.15, -0.1) is 0 Å². The number of hydrogen-bond acceptors (Lipinski definition) is 4. The zero-order valence-electron chi connectivity index (χ0n) is 15.2. The van der Waals surface area contributed by atoms with Gasteiger partial charge in [-0.2, -0.15) is 0 Å². The number of nitrogens with one attached hydrogen (secondary N) is 2. The van der Waals surface area contributed by atoms with Crippen LogP contribution in [0.15, 0.2) is 54.9 Å². The lowest BCUT2D eigenvalue weighted by Crippen LogP contribution is -2.26. The quantitative estimate of drug-likeness (QED) is 0.676. The number of benzene rings is 1. The molecule has 1 aromatic carbocycles. The lowest BCUT2D eigenvalue weighted by molar-refractivity contribution is 0.0951. The molecule has 0 bridgehead atoms. The Kier molecular flexibility index (Phi) is 5.34. The van der Waals surface area contributed by atoms with Crippen molar-refractivity contribution in [3.05, 3.63) is 66.1 Å². The summed E-state index contributed by atoms with van der Waals surface area (Å²) in [7, 11) is 0. The van der Waals surface area contributed by atoms with Gasteiger partial charge >= 0.3 is 0 Å². The number of ether oxygens (including phenoxy) is 1. The molecule has 4 rings (SSSR count). The molecule has 2 aromatic heterocycles. The van der Waals surface area contributed by atoms with Crippen LogP contribution < -0.4 is 15.4 Å². The molecular formula is C21H24N4O2. The van der Waals surface area contributed by atoms with Crippen molar-refractivity contribution in [3.8, 4) is 5.75 Å². The molecule has 1 saturated heterocycles. The molecule has 1 amide bonds. The van der Waals surface area contributed by atoms with E-state index in [1.165, 1.54) is 6.42 Å². The van der Waals surface area contributed by atoms with Crippen molar-refractivity contribution < 1.29 is 9.53 Å². The number of carbonyl (C=O) groups excluding carboxylic acids is 1. The molecule has 1 aliphatic rings. The number of pyridine rings is 1. The lowest BCUT2D eigenvalue weighted by Gasteiger charge is -2.10. The van der Waals surface area contributed by atoms with Crippen LogP contribution in [0.25, 0.3) is 5.65 Å². The van der Waals surface area contributed by atoms with Gasteiger partial charge in [-0.25, -0.2) is 4.98 Å². The van der Waals surface area contributed by atoms with E-state index in [1.54, 1.807) is 6.07 Å². The summed E-state index contributed by atoms with van der Waals surface area (Å²) >= 11 is 0. The van der Waals surface area contributed by atoms with Crippen LogP contribution in [0.5, 0.6) is 5.75 Å². The molecule has 0 aliphatic carbocycles. The Bertz CT molecular complexity index is 882. The van der Waals surface area contributed by atoms with Gasteiger partial charge in [-0.1, -0.05) is 12.1 Å². The van der Waals surface area contributed by atoms with Crippen molar-refractivity contribution in [1.29, 1.82) is 0 Å². The first-order chi connectivity index (χ1) is 13.3. The van der Waals surface area contributed by atoms with E-state index in [0.29, 0.717) is 30.4 Å². The first-order valence-corrected chi connectivity index (χ1v) is 9.42. The number of imidazole rings is 1. The molecule has 140 valence electrons. The normalized spacial score (nSPS) is 16.5. The first-order valence-electron chi connectivity index (χ1n) is 9.42. The fourth-order valence-electron chi connectivity index (χ4n) is 3.39. The topological polar surface area (TPSA) is 67.7 Å². The van der Waals surface area contributed by atoms with Crippen LogP contribution in [-0.2, 0) is 6.61 Å². The predicted molar refractivity (Wildman–Crippen MR) is 104 cm³/mol. The van der Waals surface area contributed by atoms with Gasteiger partial charge in [0.15, 0.2) is 0 Å². The molecule has 0 radical (unpaired) electrons. The number of rotatable bonds is 7. The van der Waals surface area contributed by atoms with Gasteiger partial charge in [0.25, 0.3) is 5.91 Å². The van der Waals surface area contributed by atoms with Crippen LogP contribution in [0.4, 0.5) is 0 Å². The maximum atomic E-state index is 12.4. The molecular weight excluding hydrogens is 340 g/mol. The van der Waals surface area contributed by atoms with Crippen molar-refractivity contribution in [3.63, 3.8) is 0 Å². The van der Waals surface area contributed by atoms with Crippen molar-refractivity contribution in [1.82, 2.24) is 20.0 Å². The van der Waals surface area contributed by atoms with Crippen LogP contribution in [0.3, 0.4) is 0 Å². The summed E-state index contributed by atoms with van der Waals surface area (Å²) in [4.78, 5) is 16.9. The molecule has 1 unspecified atom stereocenters. The predicted octanol–water partition coefficient (Wildman–Crippen LogP) is 2.64. The highest BCUT2D eigenvalue weighted by atomic mass is 16.5. The Balaban J connectivity index is 1.31. The van der Waals surface area contributed by atoms with Gasteiger partial charge in [0.2, 0.25) is 0 Å². The molecule has 6 nitrogen and oxygen atoms in total. The van der Waals surface area contributed by atoms with Crippen molar-refractivity contribution in [2.24, 2.45) is 5.92 Å². The molecule has 2 N–H and O–H groups in total. The number of aromatic nitrogens is 2. The highest BCUT2D eigenvalue weighted by Crippen LogP contribution is 2.16. The van der Waals surface area contributed by atoms with E-state index in [-0.39, 0.29) is 5.91 Å². The maximum absolute atomic E-state index is 12.4. The number of hydrogen-bond donors (Lipinski definition) is 2. The molecule has 0 spiro atoms. The van der Waals surface area contributed by atoms with Gasteiger partial charge < -0.3 is 19.8 Å². The Hall–Kier alpha value is -2.86. The third-order valence-electron chi connectivity index (χ3n) is 4.90. The van der Waals surface area contributed by atoms with Crippen LogP contribution >= 0.6 is 0 Å². The Morgan fingerprint density at radius 3 is 3.11 bits per heavy atom. The van der Waals surface area contributed by atoms with E-state index in [0.717, 1.165) is 30.9 Å². The molecule has 27 heavy (non-hydrogen) atoms. The van der Waals surface area contributed by atoms with Crippen LogP contribution in [0.1, 0.15) is 28.9 Å². The van der Waals surface area contributed by atoms with Gasteiger partial charge in [-0.3, -0.25) is 4.79 Å². The summed E-state index contributed by atoms with van der Waals surface area (Å²) in [5, 5.41) is 6.36. The lowest BCUT2D eigenvalue weighted by atomic mass is 10.1. The second kappa shape index (κ2) is 8.22. The van der Waals surface area contributed by atoms with Gasteiger partial charge in [0.1, 0.15) is 18.0 Å². The van der Waals surface area contributed by atoms with Gasteiger partial charge in [0, 0.05) is 24.5 Å². The Morgan fingerprint density at radius 1 is 1.30 bits per heavy atom. The second-order valence-corrected chi connectivity index (χ2v) is 6.92. The standard InChI is InChI=1S/C21H24N4O2/c26-21(23-10-8-16-7-9-22-13-16)17-4-3-5-19(12-17)27-15-18-14-25-11-2-1-6-20(25)24-18/h1-6,11-12,14,16,22H,7-10,13,15H2,(H,23,26). The highest BCUT2D eigenvalue weighted by Gasteiger charge is 2.14. The summed E-state index contributed by atoms with van der Waals surface area (Å²) in [6, 6.07) is 13.2. The average Bonchev–Trinajstić information content (AvgIpc) is 3.36. The van der Waals surface area contributed by atoms with Crippen molar-refractivity contribution in [2.75, 3.05) is 19.6 Å². The molecule has 1 atom stereocenters. The monoisotopic (exact) mass is 364 g/mol. The van der Waals surface area contributed by atoms with E-state index in [2.05, 4.69) is 15.6 Å². The summed E-state index contributed by atoms with van der Waals surface area (Å²) in [5.74, 6) is 1.28. The van der Waals surface area contributed by atoms with E-state index >= 15 is 0 Å². The summed E-state index contributed by atoms with van der Waals surface area (Å²) in [6.45, 7) is 3.21. The molecule has 6 heteroatoms. The molecule has 3 aromatic rings. The second-order valence-electron chi connectivity index (χ2n) is 6.92. The Labute approximate surface area is 158 Å². The molecule has 1 fully saturated rings. The minimum absolute atomic E-state index is 0.0564. The molecule has 0 saturated carbocycles. The fraction of sp³-hybridized carbons (Fsp3) is 0.333. The SMILES string of the molecule is O=C(NCCC1CCNC1)c1cccc(OCc2cn3ccccc3n2)c1. The molecule has 1 aliphatic heterocycles. The summed E-state index contributed by atoms with van der Waals surface area (Å²) in [6.07, 6.45) is 6.12. The van der Waals surface area contributed by atoms with Gasteiger partial charge in [-0.05, 0) is 62.2 Å². The zero-order chi connectivity index (χ0) is 18.5. The minimum atomic E-state index is -0.0564. The Morgan fingerprint density at radius 2 is 2.26 bits per heavy atom. The smallest absolute Gasteiger partial charge is 0.251 e. The largest absolute Gasteiger partial charge is 0.487 e. The first kappa shape index (κ1) is 17.5. The average molecular weight is 364 g/mol. The fourth-order valence-corrected chi connectivity index (χ4v) is 3.39. The van der Waals surface area contributed by atoms with Crippen LogP contribution in [0, 0.1) is 5.92 Å². The van der Waals surface area contributed by atoms with Crippen LogP contribution in [0.2, 0.25) is 0 Å². The number of nitrogens with zero attached hydrogens (tertiary/aromatic N) is 2.